The third-order valence-corrected chi connectivity index (χ3v) is 2.18. The first-order valence-electron chi connectivity index (χ1n) is 5.11. The maximum atomic E-state index is 8.78. The number of nitrogens with zero attached hydrogens (tertiary/aromatic N) is 1. The molecular formula is C10H17NO4S. The van der Waals surface area contributed by atoms with E-state index in [9.17, 15) is 0 Å². The van der Waals surface area contributed by atoms with Crippen LogP contribution in [0.25, 0.3) is 0 Å². The van der Waals surface area contributed by atoms with Gasteiger partial charge in [-0.15, -0.1) is 0 Å². The third-order valence-electron chi connectivity index (χ3n) is 2.18. The Morgan fingerprint density at radius 3 is 2.62 bits per heavy atom. The van der Waals surface area contributed by atoms with Gasteiger partial charge in [0.15, 0.2) is 0 Å². The molecule has 1 aromatic heterocycles. The number of hydrogen-bond acceptors (Lipinski definition) is 6. The molecule has 1 N–H and O–H groups in total. The summed E-state index contributed by atoms with van der Waals surface area (Å²) in [7, 11) is 0. The molecule has 0 aliphatic carbocycles. The van der Waals surface area contributed by atoms with Gasteiger partial charge in [0.25, 0.3) is 5.89 Å². The van der Waals surface area contributed by atoms with Crippen molar-refractivity contribution in [2.24, 2.45) is 0 Å². The smallest absolute Gasteiger partial charge is 0.255 e. The van der Waals surface area contributed by atoms with E-state index in [4.69, 9.17) is 19.0 Å². The molecule has 92 valence electrons. The van der Waals surface area contributed by atoms with E-state index in [0.717, 1.165) is 0 Å². The van der Waals surface area contributed by atoms with Gasteiger partial charge in [-0.1, -0.05) is 0 Å². The molecule has 0 bridgehead atoms. The zero-order valence-corrected chi connectivity index (χ0v) is 10.2. The summed E-state index contributed by atoms with van der Waals surface area (Å²) in [6.07, 6.45) is 5.90. The second-order valence-electron chi connectivity index (χ2n) is 3.11. The maximum Gasteiger partial charge on any atom is 0.255 e. The highest BCUT2D eigenvalue weighted by molar-refractivity contribution is 7.79. The molecule has 0 unspecified atom stereocenters. The summed E-state index contributed by atoms with van der Waals surface area (Å²) < 4.78 is 16.2. The van der Waals surface area contributed by atoms with Gasteiger partial charge in [-0.2, -0.15) is 12.6 Å². The molecule has 0 spiro atoms. The van der Waals surface area contributed by atoms with Crippen LogP contribution in [-0.4, -0.2) is 36.2 Å². The standard InChI is InChI=1S/C9H13NO4.CH4S/c11-4-1-2-9(13-6-7-14-9)8-10-3-5-12-8;1-2/h3,5,11H,1-2,4,6-7H2;2H,1H3. The van der Waals surface area contributed by atoms with Crippen molar-refractivity contribution in [2.75, 3.05) is 26.1 Å². The average molecular weight is 247 g/mol. The van der Waals surface area contributed by atoms with Crippen molar-refractivity contribution >= 4 is 12.6 Å². The quantitative estimate of drug-likeness (QED) is 0.782. The Bertz CT molecular complexity index is 272. The van der Waals surface area contributed by atoms with Crippen molar-refractivity contribution in [1.29, 1.82) is 0 Å². The van der Waals surface area contributed by atoms with Gasteiger partial charge in [0.1, 0.15) is 6.26 Å². The van der Waals surface area contributed by atoms with E-state index in [2.05, 4.69) is 17.6 Å². The minimum Gasteiger partial charge on any atom is -0.444 e. The van der Waals surface area contributed by atoms with Gasteiger partial charge in [-0.3, -0.25) is 0 Å². The van der Waals surface area contributed by atoms with E-state index in [1.165, 1.54) is 6.26 Å². The molecule has 1 aromatic rings. The molecule has 16 heavy (non-hydrogen) atoms. The van der Waals surface area contributed by atoms with Crippen LogP contribution in [0.2, 0.25) is 0 Å². The van der Waals surface area contributed by atoms with Gasteiger partial charge in [0, 0.05) is 13.0 Å². The number of rotatable bonds is 4. The van der Waals surface area contributed by atoms with Gasteiger partial charge < -0.3 is 19.0 Å². The van der Waals surface area contributed by atoms with E-state index in [1.807, 2.05) is 0 Å². The topological polar surface area (TPSA) is 64.7 Å². The molecule has 0 atom stereocenters. The number of oxazole rings is 1. The minimum absolute atomic E-state index is 0.106. The molecule has 6 heteroatoms. The average Bonchev–Trinajstić information content (AvgIpc) is 3.00. The molecule has 1 aliphatic rings. The summed E-state index contributed by atoms with van der Waals surface area (Å²) in [5, 5.41) is 8.78. The van der Waals surface area contributed by atoms with Gasteiger partial charge >= 0.3 is 0 Å². The van der Waals surface area contributed by atoms with Crippen LogP contribution < -0.4 is 0 Å². The predicted molar refractivity (Wildman–Crippen MR) is 61.3 cm³/mol. The Kier molecular flexibility index (Phi) is 5.83. The fraction of sp³-hybridized carbons (Fsp3) is 0.700. The lowest BCUT2D eigenvalue weighted by Crippen LogP contribution is -2.27. The van der Waals surface area contributed by atoms with Crippen LogP contribution in [0, 0.1) is 0 Å². The van der Waals surface area contributed by atoms with Crippen LogP contribution >= 0.6 is 12.6 Å². The molecule has 2 heterocycles. The second-order valence-corrected chi connectivity index (χ2v) is 3.11. The van der Waals surface area contributed by atoms with Crippen LogP contribution in [0.3, 0.4) is 0 Å². The zero-order chi connectivity index (χ0) is 11.9. The molecular weight excluding hydrogens is 230 g/mol. The SMILES string of the molecule is CS.OCCCC1(c2ncco2)OCCO1. The summed E-state index contributed by atoms with van der Waals surface area (Å²) in [6.45, 7) is 1.18. The van der Waals surface area contributed by atoms with E-state index in [-0.39, 0.29) is 6.61 Å². The summed E-state index contributed by atoms with van der Waals surface area (Å²) in [5.74, 6) is -0.435. The van der Waals surface area contributed by atoms with Crippen molar-refractivity contribution in [3.05, 3.63) is 18.4 Å². The normalized spacial score (nSPS) is 17.9. The molecule has 5 nitrogen and oxygen atoms in total. The van der Waals surface area contributed by atoms with E-state index in [1.54, 1.807) is 12.5 Å². The third kappa shape index (κ3) is 2.98. The Hall–Kier alpha value is -0.560. The van der Waals surface area contributed by atoms with Crippen molar-refractivity contribution in [3.8, 4) is 0 Å². The summed E-state index contributed by atoms with van der Waals surface area (Å²) in [5.41, 5.74) is 0. The maximum absolute atomic E-state index is 8.78. The lowest BCUT2D eigenvalue weighted by Gasteiger charge is -2.22. The molecule has 0 amide bonds. The van der Waals surface area contributed by atoms with Crippen molar-refractivity contribution in [3.63, 3.8) is 0 Å². The monoisotopic (exact) mass is 247 g/mol. The van der Waals surface area contributed by atoms with Crippen LogP contribution in [-0.2, 0) is 15.3 Å². The number of aliphatic hydroxyl groups excluding tert-OH is 1. The first-order chi connectivity index (χ1) is 7.87. The first-order valence-corrected chi connectivity index (χ1v) is 6.00. The van der Waals surface area contributed by atoms with Crippen LogP contribution in [0.1, 0.15) is 18.7 Å². The van der Waals surface area contributed by atoms with Crippen LogP contribution in [0.5, 0.6) is 0 Å². The minimum atomic E-state index is -0.869. The van der Waals surface area contributed by atoms with Gasteiger partial charge in [-0.25, -0.2) is 4.98 Å². The molecule has 1 aliphatic heterocycles. The lowest BCUT2D eigenvalue weighted by atomic mass is 10.1. The molecule has 0 saturated carbocycles. The first kappa shape index (κ1) is 13.5. The highest BCUT2D eigenvalue weighted by Crippen LogP contribution is 2.34. The zero-order valence-electron chi connectivity index (χ0n) is 9.26. The lowest BCUT2D eigenvalue weighted by molar-refractivity contribution is -0.188. The highest BCUT2D eigenvalue weighted by Gasteiger charge is 2.42. The van der Waals surface area contributed by atoms with Crippen molar-refractivity contribution in [2.45, 2.75) is 18.6 Å². The Balaban J connectivity index is 0.000000606. The van der Waals surface area contributed by atoms with E-state index in [0.29, 0.717) is 31.9 Å². The van der Waals surface area contributed by atoms with Gasteiger partial charge in [0.05, 0.1) is 19.4 Å². The van der Waals surface area contributed by atoms with Gasteiger partial charge in [-0.05, 0) is 12.7 Å². The Morgan fingerprint density at radius 1 is 1.44 bits per heavy atom. The molecule has 1 saturated heterocycles. The molecule has 0 radical (unpaired) electrons. The van der Waals surface area contributed by atoms with Crippen LogP contribution in [0.15, 0.2) is 16.9 Å². The summed E-state index contributed by atoms with van der Waals surface area (Å²) in [6, 6.07) is 0. The van der Waals surface area contributed by atoms with E-state index < -0.39 is 5.79 Å². The van der Waals surface area contributed by atoms with E-state index >= 15 is 0 Å². The highest BCUT2D eigenvalue weighted by atomic mass is 32.1. The van der Waals surface area contributed by atoms with Crippen molar-refractivity contribution < 1.29 is 19.0 Å². The number of thiol groups is 1. The van der Waals surface area contributed by atoms with Gasteiger partial charge in [0.2, 0.25) is 5.79 Å². The van der Waals surface area contributed by atoms with Crippen LogP contribution in [0.4, 0.5) is 0 Å². The number of ether oxygens (including phenoxy) is 2. The van der Waals surface area contributed by atoms with Crippen molar-refractivity contribution in [1.82, 2.24) is 4.98 Å². The number of hydrogen-bond donors (Lipinski definition) is 2. The molecule has 1 fully saturated rings. The molecule has 2 rings (SSSR count). The second kappa shape index (κ2) is 6.90. The number of aliphatic hydroxyl groups is 1. The summed E-state index contributed by atoms with van der Waals surface area (Å²) >= 11 is 3.53. The number of aromatic nitrogens is 1. The largest absolute Gasteiger partial charge is 0.444 e. The Labute approximate surface area is 100 Å². The fourth-order valence-electron chi connectivity index (χ4n) is 1.55. The Morgan fingerprint density at radius 2 is 2.12 bits per heavy atom. The fourth-order valence-corrected chi connectivity index (χ4v) is 1.55. The predicted octanol–water partition coefficient (Wildman–Crippen LogP) is 1.19. The summed E-state index contributed by atoms with van der Waals surface area (Å²) in [4.78, 5) is 4.03. The molecule has 0 aromatic carbocycles.